The summed E-state index contributed by atoms with van der Waals surface area (Å²) < 4.78 is 0. The summed E-state index contributed by atoms with van der Waals surface area (Å²) in [6, 6.07) is 0.517. The molecule has 0 aromatic carbocycles. The molecule has 1 amide bonds. The molecule has 2 atom stereocenters. The van der Waals surface area contributed by atoms with Gasteiger partial charge < -0.3 is 5.32 Å². The molecule has 0 radical (unpaired) electrons. The predicted octanol–water partition coefficient (Wildman–Crippen LogP) is 1.46. The van der Waals surface area contributed by atoms with Crippen LogP contribution in [0.4, 0.5) is 0 Å². The van der Waals surface area contributed by atoms with Gasteiger partial charge in [-0.15, -0.1) is 0 Å². The molecule has 1 aliphatic carbocycles. The summed E-state index contributed by atoms with van der Waals surface area (Å²) >= 11 is 0. The zero-order chi connectivity index (χ0) is 7.68. The molecule has 1 N–H and O–H groups in total. The lowest BCUT2D eigenvalue weighted by Crippen LogP contribution is -2.34. The molecule has 11 heavy (non-hydrogen) atoms. The Morgan fingerprint density at radius 1 is 1.27 bits per heavy atom. The Bertz CT molecular complexity index is 167. The van der Waals surface area contributed by atoms with Gasteiger partial charge >= 0.3 is 0 Å². The van der Waals surface area contributed by atoms with Gasteiger partial charge in [0.25, 0.3) is 0 Å². The summed E-state index contributed by atoms with van der Waals surface area (Å²) in [4.78, 5) is 11.1. The van der Waals surface area contributed by atoms with E-state index in [1.54, 1.807) is 0 Å². The highest BCUT2D eigenvalue weighted by Crippen LogP contribution is 2.29. The van der Waals surface area contributed by atoms with E-state index in [0.717, 1.165) is 18.8 Å². The van der Waals surface area contributed by atoms with Gasteiger partial charge in [-0.2, -0.15) is 0 Å². The van der Waals surface area contributed by atoms with Crippen LogP contribution in [-0.2, 0) is 4.79 Å². The molecule has 1 aliphatic heterocycles. The van der Waals surface area contributed by atoms with Gasteiger partial charge in [0.05, 0.1) is 0 Å². The summed E-state index contributed by atoms with van der Waals surface area (Å²) in [5, 5.41) is 3.07. The number of hydrogen-bond acceptors (Lipinski definition) is 1. The Labute approximate surface area is 67.4 Å². The van der Waals surface area contributed by atoms with E-state index in [1.807, 2.05) is 0 Å². The summed E-state index contributed by atoms with van der Waals surface area (Å²) in [6.07, 6.45) is 7.01. The van der Waals surface area contributed by atoms with Crippen LogP contribution in [0.3, 0.4) is 0 Å². The topological polar surface area (TPSA) is 29.1 Å². The Balaban J connectivity index is 2.04. The van der Waals surface area contributed by atoms with Crippen molar-refractivity contribution in [3.8, 4) is 0 Å². The second-order valence-electron chi connectivity index (χ2n) is 3.84. The Hall–Kier alpha value is -0.530. The third-order valence-electron chi connectivity index (χ3n) is 2.93. The van der Waals surface area contributed by atoms with Crippen LogP contribution in [0.1, 0.15) is 38.5 Å². The van der Waals surface area contributed by atoms with E-state index >= 15 is 0 Å². The zero-order valence-electron chi connectivity index (χ0n) is 6.81. The maximum atomic E-state index is 11.1. The molecular formula is C9H15NO. The first-order chi connectivity index (χ1) is 5.34. The van der Waals surface area contributed by atoms with E-state index < -0.39 is 0 Å². The molecule has 2 nitrogen and oxygen atoms in total. The van der Waals surface area contributed by atoms with Crippen LogP contribution in [0.2, 0.25) is 0 Å². The maximum Gasteiger partial charge on any atom is 0.220 e. The smallest absolute Gasteiger partial charge is 0.220 e. The molecule has 1 heterocycles. The number of amides is 1. The normalized spacial score (nSPS) is 37.6. The van der Waals surface area contributed by atoms with Crippen molar-refractivity contribution >= 4 is 5.91 Å². The third kappa shape index (κ3) is 1.55. The number of rotatable bonds is 0. The molecule has 2 fully saturated rings. The van der Waals surface area contributed by atoms with Crippen molar-refractivity contribution in [2.45, 2.75) is 44.6 Å². The molecule has 62 valence electrons. The van der Waals surface area contributed by atoms with Gasteiger partial charge in [0.15, 0.2) is 0 Å². The maximum absolute atomic E-state index is 11.1. The van der Waals surface area contributed by atoms with Crippen molar-refractivity contribution < 1.29 is 4.79 Å². The van der Waals surface area contributed by atoms with Crippen LogP contribution in [0.5, 0.6) is 0 Å². The monoisotopic (exact) mass is 153 g/mol. The van der Waals surface area contributed by atoms with Gasteiger partial charge in [0.1, 0.15) is 0 Å². The van der Waals surface area contributed by atoms with Crippen LogP contribution >= 0.6 is 0 Å². The van der Waals surface area contributed by atoms with Crippen LogP contribution in [-0.4, -0.2) is 11.9 Å². The first-order valence-electron chi connectivity index (χ1n) is 4.64. The Kier molecular flexibility index (Phi) is 1.84. The second kappa shape index (κ2) is 2.84. The fourth-order valence-corrected chi connectivity index (χ4v) is 2.32. The molecule has 2 heteroatoms. The zero-order valence-corrected chi connectivity index (χ0v) is 6.81. The summed E-state index contributed by atoms with van der Waals surface area (Å²) in [5.41, 5.74) is 0. The number of nitrogens with one attached hydrogen (secondary N) is 1. The van der Waals surface area contributed by atoms with E-state index in [4.69, 9.17) is 0 Å². The minimum absolute atomic E-state index is 0.277. The quantitative estimate of drug-likeness (QED) is 0.560. The van der Waals surface area contributed by atoms with E-state index in [9.17, 15) is 4.79 Å². The van der Waals surface area contributed by atoms with Crippen LogP contribution in [0.15, 0.2) is 0 Å². The molecular weight excluding hydrogens is 138 g/mol. The minimum Gasteiger partial charge on any atom is -0.353 e. The highest BCUT2D eigenvalue weighted by molar-refractivity contribution is 5.76. The van der Waals surface area contributed by atoms with Gasteiger partial charge in [0, 0.05) is 12.5 Å². The first-order valence-corrected chi connectivity index (χ1v) is 4.64. The lowest BCUT2D eigenvalue weighted by molar-refractivity contribution is -0.121. The highest BCUT2D eigenvalue weighted by Gasteiger charge is 2.26. The minimum atomic E-state index is 0.277. The Morgan fingerprint density at radius 2 is 2.18 bits per heavy atom. The number of hydrogen-bond donors (Lipinski definition) is 1. The fraction of sp³-hybridized carbons (Fsp3) is 0.889. The van der Waals surface area contributed by atoms with Crippen LogP contribution in [0, 0.1) is 5.92 Å². The van der Waals surface area contributed by atoms with Crippen LogP contribution < -0.4 is 5.32 Å². The molecule has 0 aromatic heterocycles. The van der Waals surface area contributed by atoms with Crippen molar-refractivity contribution in [1.82, 2.24) is 5.32 Å². The summed E-state index contributed by atoms with van der Waals surface area (Å²) in [6.45, 7) is 0. The summed E-state index contributed by atoms with van der Waals surface area (Å²) in [7, 11) is 0. The predicted molar refractivity (Wildman–Crippen MR) is 43.1 cm³/mol. The van der Waals surface area contributed by atoms with Gasteiger partial charge in [0.2, 0.25) is 5.91 Å². The fourth-order valence-electron chi connectivity index (χ4n) is 2.32. The molecule has 1 saturated heterocycles. The average Bonchev–Trinajstić information content (AvgIpc) is 2.12. The van der Waals surface area contributed by atoms with Crippen molar-refractivity contribution in [3.63, 3.8) is 0 Å². The largest absolute Gasteiger partial charge is 0.353 e. The lowest BCUT2D eigenvalue weighted by atomic mass is 9.85. The van der Waals surface area contributed by atoms with Gasteiger partial charge in [-0.05, 0) is 25.2 Å². The molecule has 0 spiro atoms. The van der Waals surface area contributed by atoms with Gasteiger partial charge in [-0.1, -0.05) is 12.8 Å². The Morgan fingerprint density at radius 3 is 3.09 bits per heavy atom. The number of fused-ring (bicyclic) bond motifs is 2. The molecule has 0 aromatic rings. The van der Waals surface area contributed by atoms with Gasteiger partial charge in [-0.3, -0.25) is 4.79 Å². The highest BCUT2D eigenvalue weighted by atomic mass is 16.1. The van der Waals surface area contributed by atoms with Crippen LogP contribution in [0.25, 0.3) is 0 Å². The van der Waals surface area contributed by atoms with E-state index in [1.165, 1.54) is 25.7 Å². The van der Waals surface area contributed by atoms with Crippen molar-refractivity contribution in [3.05, 3.63) is 0 Å². The first kappa shape index (κ1) is 7.14. The van der Waals surface area contributed by atoms with Crippen molar-refractivity contribution in [1.29, 1.82) is 0 Å². The third-order valence-corrected chi connectivity index (χ3v) is 2.93. The van der Waals surface area contributed by atoms with Crippen molar-refractivity contribution in [2.75, 3.05) is 0 Å². The van der Waals surface area contributed by atoms with E-state index in [0.29, 0.717) is 6.04 Å². The summed E-state index contributed by atoms with van der Waals surface area (Å²) in [5.74, 6) is 1.12. The molecule has 2 aliphatic rings. The lowest BCUT2D eigenvalue weighted by Gasteiger charge is -2.25. The number of carbonyl (C=O) groups is 1. The van der Waals surface area contributed by atoms with E-state index in [2.05, 4.69) is 5.32 Å². The SMILES string of the molecule is O=C1CCC2CCC[C@H](C2)N1. The van der Waals surface area contributed by atoms with Crippen molar-refractivity contribution in [2.24, 2.45) is 5.92 Å². The molecule has 2 rings (SSSR count). The second-order valence-corrected chi connectivity index (χ2v) is 3.84. The molecule has 1 saturated carbocycles. The number of carbonyl (C=O) groups excluding carboxylic acids is 1. The van der Waals surface area contributed by atoms with Gasteiger partial charge in [-0.25, -0.2) is 0 Å². The molecule has 2 bridgehead atoms. The average molecular weight is 153 g/mol. The molecule has 1 unspecified atom stereocenters. The standard InChI is InChI=1S/C9H15NO/c11-9-5-4-7-2-1-3-8(6-7)10-9/h7-8H,1-6H2,(H,10,11)/t7?,8-/m1/s1. The van der Waals surface area contributed by atoms with E-state index in [-0.39, 0.29) is 5.91 Å².